The number of rotatable bonds is 2. The van der Waals surface area contributed by atoms with E-state index >= 15 is 0 Å². The van der Waals surface area contributed by atoms with Gasteiger partial charge in [0.1, 0.15) is 5.52 Å². The lowest BCUT2D eigenvalue weighted by atomic mass is 10.00. The average molecular weight is 247 g/mol. The third kappa shape index (κ3) is 1.86. The first-order valence-electron chi connectivity index (χ1n) is 6.08. The van der Waals surface area contributed by atoms with Crippen LogP contribution in [0.4, 0.5) is 11.4 Å². The summed E-state index contributed by atoms with van der Waals surface area (Å²) in [6, 6.07) is 4.18. The van der Waals surface area contributed by atoms with Gasteiger partial charge in [0.15, 0.2) is 0 Å². The molecular weight excluding hydrogens is 230 g/mol. The van der Waals surface area contributed by atoms with Crippen LogP contribution in [0.15, 0.2) is 17.6 Å². The molecule has 3 N–H and O–H groups in total. The standard InChI is InChI=1S/C13H17N3S/c1-13(6-2-3-7-13)16-9-4-5-10-12(11(9)14)15-8-17-10/h4-5,8,16H,2-3,6-7,14H2,1H3. The van der Waals surface area contributed by atoms with Crippen LogP contribution in [0, 0.1) is 0 Å². The van der Waals surface area contributed by atoms with Crippen molar-refractivity contribution in [2.75, 3.05) is 11.1 Å². The minimum Gasteiger partial charge on any atom is -0.395 e. The monoisotopic (exact) mass is 247 g/mol. The van der Waals surface area contributed by atoms with Crippen molar-refractivity contribution in [1.82, 2.24) is 4.98 Å². The van der Waals surface area contributed by atoms with Crippen molar-refractivity contribution in [2.45, 2.75) is 38.1 Å². The number of nitrogens with one attached hydrogen (secondary N) is 1. The molecular formula is C13H17N3S. The van der Waals surface area contributed by atoms with E-state index in [0.29, 0.717) is 0 Å². The number of nitrogens with two attached hydrogens (primary N) is 1. The maximum Gasteiger partial charge on any atom is 0.106 e. The summed E-state index contributed by atoms with van der Waals surface area (Å²) in [5.41, 5.74) is 11.0. The Balaban J connectivity index is 1.97. The van der Waals surface area contributed by atoms with Crippen LogP contribution in [0.5, 0.6) is 0 Å². The normalized spacial score (nSPS) is 18.6. The van der Waals surface area contributed by atoms with Gasteiger partial charge in [-0.05, 0) is 31.9 Å². The largest absolute Gasteiger partial charge is 0.395 e. The third-order valence-electron chi connectivity index (χ3n) is 3.69. The third-order valence-corrected chi connectivity index (χ3v) is 4.48. The highest BCUT2D eigenvalue weighted by atomic mass is 32.1. The van der Waals surface area contributed by atoms with Crippen molar-refractivity contribution >= 4 is 32.9 Å². The predicted octanol–water partition coefficient (Wildman–Crippen LogP) is 3.62. The molecule has 0 atom stereocenters. The Morgan fingerprint density at radius 2 is 2.12 bits per heavy atom. The van der Waals surface area contributed by atoms with Crippen LogP contribution in [0.1, 0.15) is 32.6 Å². The smallest absolute Gasteiger partial charge is 0.106 e. The summed E-state index contributed by atoms with van der Waals surface area (Å²) in [6.07, 6.45) is 5.06. The number of nitrogens with zero attached hydrogens (tertiary/aromatic N) is 1. The van der Waals surface area contributed by atoms with E-state index in [4.69, 9.17) is 5.73 Å². The van der Waals surface area contributed by atoms with Gasteiger partial charge < -0.3 is 11.1 Å². The Morgan fingerprint density at radius 1 is 1.35 bits per heavy atom. The zero-order valence-electron chi connectivity index (χ0n) is 9.99. The fraction of sp³-hybridized carbons (Fsp3) is 0.462. The van der Waals surface area contributed by atoms with Crippen LogP contribution in [-0.2, 0) is 0 Å². The van der Waals surface area contributed by atoms with E-state index in [0.717, 1.165) is 21.6 Å². The van der Waals surface area contributed by atoms with Gasteiger partial charge in [0, 0.05) is 5.54 Å². The predicted molar refractivity (Wildman–Crippen MR) is 74.5 cm³/mol. The molecule has 90 valence electrons. The summed E-state index contributed by atoms with van der Waals surface area (Å²) >= 11 is 1.63. The number of benzene rings is 1. The molecule has 1 aliphatic rings. The Hall–Kier alpha value is -1.29. The Morgan fingerprint density at radius 3 is 2.88 bits per heavy atom. The zero-order chi connectivity index (χ0) is 11.9. The number of thiazole rings is 1. The average Bonchev–Trinajstić information content (AvgIpc) is 2.92. The first-order chi connectivity index (χ1) is 8.18. The molecule has 1 aromatic heterocycles. The molecule has 1 aromatic carbocycles. The van der Waals surface area contributed by atoms with Crippen LogP contribution >= 0.6 is 11.3 Å². The molecule has 1 fully saturated rings. The van der Waals surface area contributed by atoms with Crippen molar-refractivity contribution in [1.29, 1.82) is 0 Å². The summed E-state index contributed by atoms with van der Waals surface area (Å²) in [5.74, 6) is 0. The van der Waals surface area contributed by atoms with Gasteiger partial charge in [-0.15, -0.1) is 11.3 Å². The first kappa shape index (κ1) is 10.8. The zero-order valence-corrected chi connectivity index (χ0v) is 10.8. The number of nitrogen functional groups attached to an aromatic ring is 1. The van der Waals surface area contributed by atoms with E-state index in [1.807, 2.05) is 5.51 Å². The molecule has 17 heavy (non-hydrogen) atoms. The number of aromatic nitrogens is 1. The van der Waals surface area contributed by atoms with Crippen LogP contribution in [0.3, 0.4) is 0 Å². The van der Waals surface area contributed by atoms with Crippen LogP contribution < -0.4 is 11.1 Å². The molecule has 0 radical (unpaired) electrons. The van der Waals surface area contributed by atoms with Gasteiger partial charge in [-0.3, -0.25) is 0 Å². The summed E-state index contributed by atoms with van der Waals surface area (Å²) in [5, 5.41) is 3.61. The van der Waals surface area contributed by atoms with Gasteiger partial charge >= 0.3 is 0 Å². The molecule has 1 heterocycles. The van der Waals surface area contributed by atoms with Crippen LogP contribution in [-0.4, -0.2) is 10.5 Å². The van der Waals surface area contributed by atoms with E-state index in [9.17, 15) is 0 Å². The second kappa shape index (κ2) is 3.88. The van der Waals surface area contributed by atoms with Crippen molar-refractivity contribution < 1.29 is 0 Å². The van der Waals surface area contributed by atoms with Gasteiger partial charge in [0.05, 0.1) is 21.6 Å². The summed E-state index contributed by atoms with van der Waals surface area (Å²) in [7, 11) is 0. The van der Waals surface area contributed by atoms with Crippen molar-refractivity contribution in [2.24, 2.45) is 0 Å². The van der Waals surface area contributed by atoms with Crippen molar-refractivity contribution in [3.8, 4) is 0 Å². The molecule has 0 aliphatic heterocycles. The number of fused-ring (bicyclic) bond motifs is 1. The van der Waals surface area contributed by atoms with Crippen molar-refractivity contribution in [3.63, 3.8) is 0 Å². The van der Waals surface area contributed by atoms with Gasteiger partial charge in [-0.25, -0.2) is 4.98 Å². The molecule has 2 aromatic rings. The molecule has 0 saturated heterocycles. The van der Waals surface area contributed by atoms with E-state index in [-0.39, 0.29) is 5.54 Å². The molecule has 1 aliphatic carbocycles. The molecule has 0 amide bonds. The van der Waals surface area contributed by atoms with Gasteiger partial charge in [0.25, 0.3) is 0 Å². The Bertz CT molecular complexity index is 541. The summed E-state index contributed by atoms with van der Waals surface area (Å²) in [6.45, 7) is 2.28. The molecule has 0 unspecified atom stereocenters. The lowest BCUT2D eigenvalue weighted by molar-refractivity contribution is 0.534. The fourth-order valence-corrected chi connectivity index (χ4v) is 3.36. The molecule has 0 spiro atoms. The molecule has 3 nitrogen and oxygen atoms in total. The number of hydrogen-bond donors (Lipinski definition) is 2. The molecule has 3 rings (SSSR count). The van der Waals surface area contributed by atoms with Gasteiger partial charge in [0.2, 0.25) is 0 Å². The highest BCUT2D eigenvalue weighted by Gasteiger charge is 2.28. The molecule has 4 heteroatoms. The maximum absolute atomic E-state index is 6.18. The molecule has 1 saturated carbocycles. The Kier molecular flexibility index (Phi) is 2.47. The second-order valence-corrected chi connectivity index (χ2v) is 6.01. The SMILES string of the molecule is CC1(Nc2ccc3scnc3c2N)CCCC1. The number of hydrogen-bond acceptors (Lipinski definition) is 4. The highest BCUT2D eigenvalue weighted by Crippen LogP contribution is 2.36. The highest BCUT2D eigenvalue weighted by molar-refractivity contribution is 7.16. The quantitative estimate of drug-likeness (QED) is 0.797. The Labute approximate surface area is 105 Å². The number of anilines is 2. The maximum atomic E-state index is 6.18. The first-order valence-corrected chi connectivity index (χ1v) is 6.96. The fourth-order valence-electron chi connectivity index (χ4n) is 2.67. The van der Waals surface area contributed by atoms with E-state index in [1.54, 1.807) is 11.3 Å². The second-order valence-electron chi connectivity index (χ2n) is 5.12. The lowest BCUT2D eigenvalue weighted by Gasteiger charge is -2.27. The van der Waals surface area contributed by atoms with Gasteiger partial charge in [-0.2, -0.15) is 0 Å². The van der Waals surface area contributed by atoms with Crippen LogP contribution in [0.25, 0.3) is 10.2 Å². The van der Waals surface area contributed by atoms with Crippen molar-refractivity contribution in [3.05, 3.63) is 17.6 Å². The molecule has 0 bridgehead atoms. The topological polar surface area (TPSA) is 50.9 Å². The summed E-state index contributed by atoms with van der Waals surface area (Å²) < 4.78 is 1.16. The van der Waals surface area contributed by atoms with Crippen LogP contribution in [0.2, 0.25) is 0 Å². The van der Waals surface area contributed by atoms with E-state index in [2.05, 4.69) is 29.4 Å². The minimum absolute atomic E-state index is 0.206. The van der Waals surface area contributed by atoms with Gasteiger partial charge in [-0.1, -0.05) is 12.8 Å². The van der Waals surface area contributed by atoms with E-state index in [1.165, 1.54) is 25.7 Å². The lowest BCUT2D eigenvalue weighted by Crippen LogP contribution is -2.31. The summed E-state index contributed by atoms with van der Waals surface area (Å²) in [4.78, 5) is 4.33. The van der Waals surface area contributed by atoms with E-state index < -0.39 is 0 Å². The minimum atomic E-state index is 0.206.